The van der Waals surface area contributed by atoms with Crippen LogP contribution in [-0.4, -0.2) is 0 Å². The second-order valence-corrected chi connectivity index (χ2v) is 5.47. The van der Waals surface area contributed by atoms with Gasteiger partial charge in [0.25, 0.3) is 0 Å². The second-order valence-electron chi connectivity index (χ2n) is 4.18. The van der Waals surface area contributed by atoms with E-state index in [1.165, 1.54) is 6.07 Å². The summed E-state index contributed by atoms with van der Waals surface area (Å²) in [6.45, 7) is 0.402. The van der Waals surface area contributed by atoms with Crippen molar-refractivity contribution in [1.29, 1.82) is 0 Å². The van der Waals surface area contributed by atoms with E-state index in [9.17, 15) is 13.2 Å². The number of nitrogens with one attached hydrogen (secondary N) is 1. The fourth-order valence-electron chi connectivity index (χ4n) is 1.70. The van der Waals surface area contributed by atoms with Crippen LogP contribution in [0.15, 0.2) is 46.9 Å². The van der Waals surface area contributed by atoms with E-state index < -0.39 is 11.7 Å². The number of hydrogen-bond acceptors (Lipinski definition) is 1. The molecule has 0 unspecified atom stereocenters. The highest BCUT2D eigenvalue weighted by Crippen LogP contribution is 2.36. The van der Waals surface area contributed by atoms with E-state index in [2.05, 4.69) is 21.2 Å². The van der Waals surface area contributed by atoms with Crippen LogP contribution < -0.4 is 5.32 Å². The Morgan fingerprint density at radius 1 is 1.10 bits per heavy atom. The third-order valence-electron chi connectivity index (χ3n) is 2.66. The Kier molecular flexibility index (Phi) is 4.60. The molecule has 20 heavy (non-hydrogen) atoms. The lowest BCUT2D eigenvalue weighted by atomic mass is 10.2. The molecular weight excluding hydrogens is 355 g/mol. The van der Waals surface area contributed by atoms with Crippen molar-refractivity contribution in [1.82, 2.24) is 0 Å². The van der Waals surface area contributed by atoms with Gasteiger partial charge in [-0.2, -0.15) is 13.2 Å². The summed E-state index contributed by atoms with van der Waals surface area (Å²) in [5.74, 6) is 0. The van der Waals surface area contributed by atoms with E-state index in [1.54, 1.807) is 24.3 Å². The summed E-state index contributed by atoms with van der Waals surface area (Å²) >= 11 is 8.76. The van der Waals surface area contributed by atoms with Crippen LogP contribution in [-0.2, 0) is 12.7 Å². The van der Waals surface area contributed by atoms with Gasteiger partial charge in [-0.3, -0.25) is 0 Å². The SMILES string of the molecule is FC(F)(F)c1cc(NCc2cccc(Cl)c2)ccc1Br. The van der Waals surface area contributed by atoms with Gasteiger partial charge >= 0.3 is 6.18 Å². The van der Waals surface area contributed by atoms with Gasteiger partial charge in [0, 0.05) is 21.7 Å². The van der Waals surface area contributed by atoms with Gasteiger partial charge in [0.1, 0.15) is 0 Å². The summed E-state index contributed by atoms with van der Waals surface area (Å²) in [5, 5.41) is 3.54. The molecule has 2 aromatic rings. The van der Waals surface area contributed by atoms with Crippen molar-refractivity contribution in [3.05, 3.63) is 63.1 Å². The van der Waals surface area contributed by atoms with E-state index in [0.717, 1.165) is 11.6 Å². The molecule has 2 aromatic carbocycles. The minimum absolute atomic E-state index is 0.0262. The summed E-state index contributed by atoms with van der Waals surface area (Å²) in [6, 6.07) is 11.2. The number of halogens is 5. The normalized spacial score (nSPS) is 11.4. The van der Waals surface area contributed by atoms with Gasteiger partial charge in [-0.15, -0.1) is 0 Å². The van der Waals surface area contributed by atoms with E-state index in [0.29, 0.717) is 17.3 Å². The quantitative estimate of drug-likeness (QED) is 0.733. The van der Waals surface area contributed by atoms with Gasteiger partial charge in [-0.25, -0.2) is 0 Å². The van der Waals surface area contributed by atoms with Gasteiger partial charge in [0.15, 0.2) is 0 Å². The molecule has 0 radical (unpaired) electrons. The summed E-state index contributed by atoms with van der Waals surface area (Å²) in [5.41, 5.74) is 0.600. The van der Waals surface area contributed by atoms with Crippen molar-refractivity contribution in [2.24, 2.45) is 0 Å². The minimum atomic E-state index is -4.38. The largest absolute Gasteiger partial charge is 0.417 e. The van der Waals surface area contributed by atoms with Crippen molar-refractivity contribution < 1.29 is 13.2 Å². The molecule has 0 amide bonds. The van der Waals surface area contributed by atoms with Crippen LogP contribution in [0.5, 0.6) is 0 Å². The molecule has 0 fully saturated rings. The summed E-state index contributed by atoms with van der Waals surface area (Å²) in [7, 11) is 0. The van der Waals surface area contributed by atoms with Crippen LogP contribution in [0.1, 0.15) is 11.1 Å². The van der Waals surface area contributed by atoms with E-state index in [-0.39, 0.29) is 4.47 Å². The monoisotopic (exact) mass is 363 g/mol. The highest BCUT2D eigenvalue weighted by Gasteiger charge is 2.33. The molecule has 2 rings (SSSR count). The fourth-order valence-corrected chi connectivity index (χ4v) is 2.39. The van der Waals surface area contributed by atoms with Crippen LogP contribution in [0.25, 0.3) is 0 Å². The number of alkyl halides is 3. The van der Waals surface area contributed by atoms with Crippen molar-refractivity contribution >= 4 is 33.2 Å². The van der Waals surface area contributed by atoms with Crippen LogP contribution in [0, 0.1) is 0 Å². The van der Waals surface area contributed by atoms with Gasteiger partial charge in [0.2, 0.25) is 0 Å². The first kappa shape index (κ1) is 15.2. The number of hydrogen-bond donors (Lipinski definition) is 1. The lowest BCUT2D eigenvalue weighted by molar-refractivity contribution is -0.138. The van der Waals surface area contributed by atoms with E-state index >= 15 is 0 Å². The molecule has 1 N–H and O–H groups in total. The molecule has 0 aliphatic carbocycles. The molecule has 0 saturated carbocycles. The van der Waals surface area contributed by atoms with Crippen molar-refractivity contribution in [3.63, 3.8) is 0 Å². The van der Waals surface area contributed by atoms with Crippen LogP contribution in [0.2, 0.25) is 5.02 Å². The fraction of sp³-hybridized carbons (Fsp3) is 0.143. The molecule has 0 spiro atoms. The zero-order valence-corrected chi connectivity index (χ0v) is 12.5. The summed E-state index contributed by atoms with van der Waals surface area (Å²) in [6.07, 6.45) is -4.38. The van der Waals surface area contributed by atoms with Crippen LogP contribution in [0.3, 0.4) is 0 Å². The smallest absolute Gasteiger partial charge is 0.381 e. The Balaban J connectivity index is 2.14. The highest BCUT2D eigenvalue weighted by atomic mass is 79.9. The van der Waals surface area contributed by atoms with Crippen molar-refractivity contribution in [3.8, 4) is 0 Å². The molecular formula is C14H10BrClF3N. The molecule has 0 aromatic heterocycles. The van der Waals surface area contributed by atoms with Gasteiger partial charge in [-0.1, -0.05) is 39.7 Å². The Hall–Kier alpha value is -1.20. The van der Waals surface area contributed by atoms with Crippen LogP contribution >= 0.6 is 27.5 Å². The van der Waals surface area contributed by atoms with Crippen LogP contribution in [0.4, 0.5) is 18.9 Å². The maximum Gasteiger partial charge on any atom is 0.417 e. The average Bonchev–Trinajstić information content (AvgIpc) is 2.36. The standard InChI is InChI=1S/C14H10BrClF3N/c15-13-5-4-11(7-12(13)14(17,18)19)20-8-9-2-1-3-10(16)6-9/h1-7,20H,8H2. The molecule has 0 aliphatic rings. The third kappa shape index (κ3) is 3.90. The highest BCUT2D eigenvalue weighted by molar-refractivity contribution is 9.10. The zero-order valence-electron chi connectivity index (χ0n) is 10.1. The Morgan fingerprint density at radius 2 is 1.85 bits per heavy atom. The topological polar surface area (TPSA) is 12.0 Å². The average molecular weight is 365 g/mol. The second kappa shape index (κ2) is 6.06. The molecule has 1 nitrogen and oxygen atoms in total. The lowest BCUT2D eigenvalue weighted by Crippen LogP contribution is -2.07. The van der Waals surface area contributed by atoms with Gasteiger partial charge in [0.05, 0.1) is 5.56 Å². The predicted molar refractivity (Wildman–Crippen MR) is 77.9 cm³/mol. The maximum absolute atomic E-state index is 12.8. The summed E-state index contributed by atoms with van der Waals surface area (Å²) < 4.78 is 38.3. The first-order chi connectivity index (χ1) is 9.36. The predicted octanol–water partition coefficient (Wildman–Crippen LogP) is 5.73. The molecule has 0 aliphatic heterocycles. The molecule has 106 valence electrons. The zero-order chi connectivity index (χ0) is 14.8. The first-order valence-corrected chi connectivity index (χ1v) is 6.88. The third-order valence-corrected chi connectivity index (χ3v) is 3.58. The maximum atomic E-state index is 12.8. The van der Waals surface area contributed by atoms with E-state index in [4.69, 9.17) is 11.6 Å². The summed E-state index contributed by atoms with van der Waals surface area (Å²) in [4.78, 5) is 0. The molecule has 0 bridgehead atoms. The van der Waals surface area contributed by atoms with Crippen molar-refractivity contribution in [2.45, 2.75) is 12.7 Å². The molecule has 0 heterocycles. The molecule has 0 atom stereocenters. The first-order valence-electron chi connectivity index (χ1n) is 5.71. The molecule has 0 saturated heterocycles. The Labute approximate surface area is 127 Å². The Bertz CT molecular complexity index is 614. The van der Waals surface area contributed by atoms with E-state index in [1.807, 2.05) is 6.07 Å². The van der Waals surface area contributed by atoms with Crippen molar-refractivity contribution in [2.75, 3.05) is 5.32 Å². The number of anilines is 1. The van der Waals surface area contributed by atoms with Gasteiger partial charge < -0.3 is 5.32 Å². The minimum Gasteiger partial charge on any atom is -0.381 e. The molecule has 6 heteroatoms. The lowest BCUT2D eigenvalue weighted by Gasteiger charge is -2.12. The number of rotatable bonds is 3. The van der Waals surface area contributed by atoms with Gasteiger partial charge in [-0.05, 0) is 35.9 Å². The Morgan fingerprint density at radius 3 is 2.50 bits per heavy atom. The number of benzene rings is 2.